The number of carbonyl (C=O) groups is 2. The molecule has 35 heavy (non-hydrogen) atoms. The largest absolute Gasteiger partial charge is 0.473 e. The number of fused-ring (bicyclic) bond motifs is 1. The highest BCUT2D eigenvalue weighted by Gasteiger charge is 2.23. The Kier molecular flexibility index (Phi) is 7.17. The minimum atomic E-state index is -1.03. The number of amides is 1. The first-order valence-electron chi connectivity index (χ1n) is 10.9. The fraction of sp³-hybridized carbons (Fsp3) is 0.148. The summed E-state index contributed by atoms with van der Waals surface area (Å²) in [5.74, 6) is -0.807. The number of halogens is 1. The van der Waals surface area contributed by atoms with E-state index in [1.807, 2.05) is 0 Å². The second-order valence-electron chi connectivity index (χ2n) is 7.64. The third kappa shape index (κ3) is 5.36. The van der Waals surface area contributed by atoms with Gasteiger partial charge in [0.15, 0.2) is 11.9 Å². The highest BCUT2D eigenvalue weighted by atomic mass is 35.5. The maximum atomic E-state index is 13.3. The number of anilines is 1. The molecule has 3 aromatic carbocycles. The maximum Gasteiger partial charge on any atom is 0.338 e. The minimum absolute atomic E-state index is 0.0775. The number of hydrogen-bond acceptors (Lipinski definition) is 6. The van der Waals surface area contributed by atoms with Gasteiger partial charge in [0.05, 0.1) is 17.6 Å². The van der Waals surface area contributed by atoms with Crippen molar-refractivity contribution in [1.29, 1.82) is 0 Å². The van der Waals surface area contributed by atoms with Crippen LogP contribution in [0.5, 0.6) is 5.75 Å². The van der Waals surface area contributed by atoms with E-state index in [1.54, 1.807) is 79.7 Å². The fourth-order valence-electron chi connectivity index (χ4n) is 3.40. The highest BCUT2D eigenvalue weighted by Crippen LogP contribution is 2.32. The van der Waals surface area contributed by atoms with Gasteiger partial charge in [0.1, 0.15) is 5.58 Å². The van der Waals surface area contributed by atoms with Gasteiger partial charge in [0.25, 0.3) is 5.91 Å². The van der Waals surface area contributed by atoms with Crippen LogP contribution in [0.2, 0.25) is 5.02 Å². The molecule has 1 amide bonds. The molecule has 4 aromatic rings. The zero-order valence-corrected chi connectivity index (χ0v) is 19.8. The summed E-state index contributed by atoms with van der Waals surface area (Å²) >= 11 is 6.01. The molecule has 1 aromatic heterocycles. The van der Waals surface area contributed by atoms with Crippen LogP contribution in [0, 0.1) is 0 Å². The molecule has 1 N–H and O–H groups in total. The summed E-state index contributed by atoms with van der Waals surface area (Å²) in [6.07, 6.45) is -1.03. The van der Waals surface area contributed by atoms with Crippen LogP contribution in [0.3, 0.4) is 0 Å². The van der Waals surface area contributed by atoms with E-state index in [2.05, 4.69) is 5.32 Å². The topological polar surface area (TPSA) is 94.8 Å². The number of rotatable bonds is 7. The van der Waals surface area contributed by atoms with Crippen molar-refractivity contribution in [2.24, 2.45) is 0 Å². The lowest BCUT2D eigenvalue weighted by Crippen LogP contribution is -2.31. The van der Waals surface area contributed by atoms with Crippen molar-refractivity contribution in [2.45, 2.75) is 20.0 Å². The molecule has 0 aliphatic rings. The average molecular weight is 492 g/mol. The van der Waals surface area contributed by atoms with Crippen LogP contribution in [-0.2, 0) is 9.53 Å². The van der Waals surface area contributed by atoms with Crippen molar-refractivity contribution in [3.8, 4) is 17.1 Å². The van der Waals surface area contributed by atoms with E-state index in [0.29, 0.717) is 32.8 Å². The zero-order chi connectivity index (χ0) is 24.9. The molecule has 1 heterocycles. The molecule has 7 nitrogen and oxygen atoms in total. The lowest BCUT2D eigenvalue weighted by atomic mass is 10.1. The molecule has 0 spiro atoms. The first-order valence-corrected chi connectivity index (χ1v) is 11.3. The van der Waals surface area contributed by atoms with Gasteiger partial charge in [-0.2, -0.15) is 0 Å². The summed E-state index contributed by atoms with van der Waals surface area (Å²) in [7, 11) is 0. The molecular formula is C27H22ClNO6. The van der Waals surface area contributed by atoms with Crippen LogP contribution in [0.25, 0.3) is 22.3 Å². The van der Waals surface area contributed by atoms with Crippen LogP contribution >= 0.6 is 11.6 Å². The average Bonchev–Trinajstić information content (AvgIpc) is 2.86. The smallest absolute Gasteiger partial charge is 0.338 e. The first-order chi connectivity index (χ1) is 16.9. The summed E-state index contributed by atoms with van der Waals surface area (Å²) in [6.45, 7) is 3.53. The Balaban J connectivity index is 1.60. The predicted molar refractivity (Wildman–Crippen MR) is 134 cm³/mol. The molecule has 1 atom stereocenters. The van der Waals surface area contributed by atoms with E-state index >= 15 is 0 Å². The van der Waals surface area contributed by atoms with E-state index in [0.717, 1.165) is 0 Å². The SMILES string of the molecule is CCOC(=O)c1ccc(NC(=O)C(C)Oc2c(-c3ccc(Cl)cc3)oc3ccccc3c2=O)cc1. The number of esters is 1. The Hall–Kier alpha value is -4.10. The molecule has 8 heteroatoms. The Morgan fingerprint density at radius 2 is 1.69 bits per heavy atom. The van der Waals surface area contributed by atoms with Crippen LogP contribution in [0.4, 0.5) is 5.69 Å². The molecule has 0 bridgehead atoms. The van der Waals surface area contributed by atoms with Gasteiger partial charge in [-0.3, -0.25) is 9.59 Å². The van der Waals surface area contributed by atoms with Gasteiger partial charge in [-0.25, -0.2) is 4.79 Å². The molecule has 0 saturated carbocycles. The molecule has 178 valence electrons. The van der Waals surface area contributed by atoms with Crippen LogP contribution in [-0.4, -0.2) is 24.6 Å². The Bertz CT molecular complexity index is 1430. The molecule has 0 radical (unpaired) electrons. The first kappa shape index (κ1) is 24.0. The maximum absolute atomic E-state index is 13.3. The normalized spacial score (nSPS) is 11.6. The molecule has 1 unspecified atom stereocenters. The van der Waals surface area contributed by atoms with Gasteiger partial charge in [-0.1, -0.05) is 23.7 Å². The number of nitrogens with one attached hydrogen (secondary N) is 1. The van der Waals surface area contributed by atoms with Crippen molar-refractivity contribution in [3.05, 3.63) is 93.6 Å². The standard InChI is InChI=1S/C27H22ClNO6/c1-3-33-27(32)18-10-14-20(15-11-18)29-26(31)16(2)34-25-23(30)21-6-4-5-7-22(21)35-24(25)17-8-12-19(28)13-9-17/h4-16H,3H2,1-2H3,(H,29,31). The van der Waals surface area contributed by atoms with Crippen molar-refractivity contribution in [2.75, 3.05) is 11.9 Å². The predicted octanol–water partition coefficient (Wildman–Crippen LogP) is 5.70. The lowest BCUT2D eigenvalue weighted by molar-refractivity contribution is -0.122. The number of para-hydroxylation sites is 1. The van der Waals surface area contributed by atoms with Crippen LogP contribution < -0.4 is 15.5 Å². The Labute approximate surface area is 206 Å². The van der Waals surface area contributed by atoms with E-state index in [-0.39, 0.29) is 18.1 Å². The van der Waals surface area contributed by atoms with Gasteiger partial charge in [0.2, 0.25) is 11.2 Å². The van der Waals surface area contributed by atoms with E-state index in [4.69, 9.17) is 25.5 Å². The van der Waals surface area contributed by atoms with Crippen LogP contribution in [0.1, 0.15) is 24.2 Å². The fourth-order valence-corrected chi connectivity index (χ4v) is 3.53. The van der Waals surface area contributed by atoms with E-state index in [1.165, 1.54) is 6.92 Å². The third-order valence-corrected chi connectivity index (χ3v) is 5.44. The zero-order valence-electron chi connectivity index (χ0n) is 19.0. The summed E-state index contributed by atoms with van der Waals surface area (Å²) in [5.41, 5.74) is 1.41. The van der Waals surface area contributed by atoms with Crippen molar-refractivity contribution < 1.29 is 23.5 Å². The molecule has 0 saturated heterocycles. The summed E-state index contributed by atoms with van der Waals surface area (Å²) in [4.78, 5) is 37.9. The second kappa shape index (κ2) is 10.4. The van der Waals surface area contributed by atoms with Gasteiger partial charge < -0.3 is 19.2 Å². The monoisotopic (exact) mass is 491 g/mol. The minimum Gasteiger partial charge on any atom is -0.473 e. The quantitative estimate of drug-likeness (QED) is 0.333. The summed E-state index contributed by atoms with van der Waals surface area (Å²) in [6, 6.07) is 19.8. The van der Waals surface area contributed by atoms with Gasteiger partial charge in [-0.05, 0) is 74.5 Å². The third-order valence-electron chi connectivity index (χ3n) is 5.19. The molecule has 0 fully saturated rings. The summed E-state index contributed by atoms with van der Waals surface area (Å²) in [5, 5.41) is 3.58. The van der Waals surface area contributed by atoms with E-state index < -0.39 is 23.4 Å². The van der Waals surface area contributed by atoms with Crippen molar-refractivity contribution >= 4 is 40.1 Å². The highest BCUT2D eigenvalue weighted by molar-refractivity contribution is 6.30. The summed E-state index contributed by atoms with van der Waals surface area (Å²) < 4.78 is 16.8. The molecule has 4 rings (SSSR count). The molecule has 0 aliphatic carbocycles. The van der Waals surface area contributed by atoms with Crippen LogP contribution in [0.15, 0.2) is 82.0 Å². The van der Waals surface area contributed by atoms with Crippen molar-refractivity contribution in [1.82, 2.24) is 0 Å². The van der Waals surface area contributed by atoms with Gasteiger partial charge >= 0.3 is 5.97 Å². The number of carbonyl (C=O) groups excluding carboxylic acids is 2. The van der Waals surface area contributed by atoms with Crippen molar-refractivity contribution in [3.63, 3.8) is 0 Å². The number of benzene rings is 3. The number of ether oxygens (including phenoxy) is 2. The Morgan fingerprint density at radius 3 is 2.37 bits per heavy atom. The number of hydrogen-bond donors (Lipinski definition) is 1. The Morgan fingerprint density at radius 1 is 1.00 bits per heavy atom. The molecule has 0 aliphatic heterocycles. The molecular weight excluding hydrogens is 470 g/mol. The van der Waals surface area contributed by atoms with Gasteiger partial charge in [-0.15, -0.1) is 0 Å². The lowest BCUT2D eigenvalue weighted by Gasteiger charge is -2.17. The van der Waals surface area contributed by atoms with E-state index in [9.17, 15) is 14.4 Å². The second-order valence-corrected chi connectivity index (χ2v) is 8.08. The van der Waals surface area contributed by atoms with Gasteiger partial charge in [0, 0.05) is 16.3 Å².